The van der Waals surface area contributed by atoms with Gasteiger partial charge in [-0.15, -0.1) is 6.58 Å². The van der Waals surface area contributed by atoms with Crippen LogP contribution in [-0.2, 0) is 32.5 Å². The summed E-state index contributed by atoms with van der Waals surface area (Å²) in [5.74, 6) is -0.400. The number of rotatable bonds is 16. The van der Waals surface area contributed by atoms with Crippen LogP contribution in [0.1, 0.15) is 27.2 Å². The third-order valence-corrected chi connectivity index (χ3v) is 4.45. The van der Waals surface area contributed by atoms with Gasteiger partial charge in [-0.25, -0.2) is 4.57 Å². The number of phosphoric acid groups is 1. The second kappa shape index (κ2) is 14.7. The van der Waals surface area contributed by atoms with Gasteiger partial charge < -0.3 is 21.1 Å². The van der Waals surface area contributed by atoms with Crippen molar-refractivity contribution in [3.8, 4) is 0 Å². The van der Waals surface area contributed by atoms with Crippen molar-refractivity contribution in [3.63, 3.8) is 0 Å². The van der Waals surface area contributed by atoms with E-state index in [1.54, 1.807) is 0 Å². The minimum atomic E-state index is -3.83. The number of phosphoric ester groups is 1. The van der Waals surface area contributed by atoms with E-state index in [-0.39, 0.29) is 50.8 Å². The fraction of sp³-hybridized carbons (Fsp3) is 0.750. The van der Waals surface area contributed by atoms with Crippen molar-refractivity contribution in [2.75, 3.05) is 39.6 Å². The maximum absolute atomic E-state index is 12.5. The lowest BCUT2D eigenvalue weighted by molar-refractivity contribution is -0.121. The zero-order valence-corrected chi connectivity index (χ0v) is 17.2. The summed E-state index contributed by atoms with van der Waals surface area (Å²) in [5.41, 5.74) is 5.34. The molecule has 0 radical (unpaired) electrons. The molecule has 0 rings (SSSR count). The highest BCUT2D eigenvalue weighted by Crippen LogP contribution is 2.49. The Kier molecular flexibility index (Phi) is 14.0. The van der Waals surface area contributed by atoms with Gasteiger partial charge in [-0.3, -0.25) is 23.2 Å². The van der Waals surface area contributed by atoms with Gasteiger partial charge in [-0.05, 0) is 13.3 Å². The van der Waals surface area contributed by atoms with Gasteiger partial charge in [0.15, 0.2) is 0 Å². The first-order valence-electron chi connectivity index (χ1n) is 8.69. The fourth-order valence-corrected chi connectivity index (χ4v) is 3.13. The van der Waals surface area contributed by atoms with E-state index in [2.05, 4.69) is 17.2 Å². The number of hydrogen-bond acceptors (Lipinski definition) is 8. The number of nitrogens with one attached hydrogen (secondary N) is 2. The van der Waals surface area contributed by atoms with Gasteiger partial charge in [0.2, 0.25) is 11.8 Å². The van der Waals surface area contributed by atoms with E-state index < -0.39 is 13.9 Å². The van der Waals surface area contributed by atoms with Crippen LogP contribution in [0.15, 0.2) is 12.7 Å². The van der Waals surface area contributed by atoms with Gasteiger partial charge in [0.05, 0.1) is 32.5 Å². The van der Waals surface area contributed by atoms with Crippen molar-refractivity contribution in [2.45, 2.75) is 39.3 Å². The van der Waals surface area contributed by atoms with Crippen molar-refractivity contribution >= 4 is 19.6 Å². The molecule has 0 aromatic heterocycles. The molecular weight excluding hydrogens is 377 g/mol. The summed E-state index contributed by atoms with van der Waals surface area (Å²) >= 11 is 0. The minimum absolute atomic E-state index is 0.00321. The van der Waals surface area contributed by atoms with Gasteiger partial charge in [0.25, 0.3) is 0 Å². The van der Waals surface area contributed by atoms with E-state index in [4.69, 9.17) is 24.0 Å². The molecule has 0 aliphatic carbocycles. The maximum Gasteiger partial charge on any atom is 0.475 e. The first-order chi connectivity index (χ1) is 12.7. The summed E-state index contributed by atoms with van der Waals surface area (Å²) < 4.78 is 33.4. The number of amides is 2. The van der Waals surface area contributed by atoms with Gasteiger partial charge >= 0.3 is 7.82 Å². The Labute approximate surface area is 160 Å². The Balaban J connectivity index is 4.52. The van der Waals surface area contributed by atoms with Crippen LogP contribution in [0.2, 0.25) is 0 Å². The molecule has 0 saturated heterocycles. The van der Waals surface area contributed by atoms with E-state index in [1.165, 1.54) is 19.9 Å². The highest BCUT2D eigenvalue weighted by Gasteiger charge is 2.28. The Morgan fingerprint density at radius 3 is 2.33 bits per heavy atom. The highest BCUT2D eigenvalue weighted by atomic mass is 31.2. The molecule has 0 heterocycles. The summed E-state index contributed by atoms with van der Waals surface area (Å²) in [6, 6.07) is -0.587. The smallest absolute Gasteiger partial charge is 0.379 e. The molecule has 158 valence electrons. The van der Waals surface area contributed by atoms with E-state index in [0.717, 1.165) is 0 Å². The summed E-state index contributed by atoms with van der Waals surface area (Å²) in [7, 11) is -3.83. The van der Waals surface area contributed by atoms with Gasteiger partial charge in [0, 0.05) is 33.0 Å². The van der Waals surface area contributed by atoms with Crippen LogP contribution < -0.4 is 16.4 Å². The summed E-state index contributed by atoms with van der Waals surface area (Å²) in [4.78, 5) is 22.3. The third-order valence-electron chi connectivity index (χ3n) is 3.02. The molecule has 0 aromatic carbocycles. The van der Waals surface area contributed by atoms with E-state index >= 15 is 0 Å². The van der Waals surface area contributed by atoms with Gasteiger partial charge in [0.1, 0.15) is 0 Å². The summed E-state index contributed by atoms with van der Waals surface area (Å²) in [6.45, 7) is 8.61. The molecule has 27 heavy (non-hydrogen) atoms. The minimum Gasteiger partial charge on any atom is -0.379 e. The number of nitrogens with two attached hydrogens (primary N) is 1. The molecule has 2 amide bonds. The molecule has 0 spiro atoms. The van der Waals surface area contributed by atoms with Crippen molar-refractivity contribution in [3.05, 3.63) is 12.7 Å². The lowest BCUT2D eigenvalue weighted by atomic mass is 10.2. The standard InChI is InChI=1S/C16H32N3O7P/c1-5-8-24-27(22,25-10-7-17)26-12-16(19-15(4)21)11-23-9-6-13(2)18-14(3)20/h5,13,16H,1,6-12,17H2,2-4H3,(H,18,20)(H,19,21)/t13-,16-,27?/m1/s1. The average molecular weight is 409 g/mol. The van der Waals surface area contributed by atoms with Crippen LogP contribution in [-0.4, -0.2) is 63.5 Å². The largest absolute Gasteiger partial charge is 0.475 e. The van der Waals surface area contributed by atoms with Crippen LogP contribution >= 0.6 is 7.82 Å². The van der Waals surface area contributed by atoms with Crippen LogP contribution in [0.4, 0.5) is 0 Å². The zero-order chi connectivity index (χ0) is 20.7. The van der Waals surface area contributed by atoms with Gasteiger partial charge in [-0.1, -0.05) is 6.08 Å². The van der Waals surface area contributed by atoms with Gasteiger partial charge in [-0.2, -0.15) is 0 Å². The van der Waals surface area contributed by atoms with Crippen molar-refractivity contribution < 1.29 is 32.5 Å². The molecule has 3 atom stereocenters. The molecule has 4 N–H and O–H groups in total. The number of carbonyl (C=O) groups is 2. The molecule has 0 aliphatic rings. The Morgan fingerprint density at radius 2 is 1.78 bits per heavy atom. The Hall–Kier alpha value is -1.29. The van der Waals surface area contributed by atoms with E-state index in [1.807, 2.05) is 6.92 Å². The third kappa shape index (κ3) is 14.4. The van der Waals surface area contributed by atoms with Crippen molar-refractivity contribution in [1.29, 1.82) is 0 Å². The molecule has 10 nitrogen and oxygen atoms in total. The fourth-order valence-electron chi connectivity index (χ4n) is 1.93. The molecule has 1 unspecified atom stereocenters. The first kappa shape index (κ1) is 25.7. The monoisotopic (exact) mass is 409 g/mol. The van der Waals surface area contributed by atoms with Crippen LogP contribution in [0.25, 0.3) is 0 Å². The number of ether oxygens (including phenoxy) is 1. The summed E-state index contributed by atoms with van der Waals surface area (Å²) in [6.07, 6.45) is 2.01. The molecule has 0 aliphatic heterocycles. The maximum atomic E-state index is 12.5. The molecule has 0 fully saturated rings. The average Bonchev–Trinajstić information content (AvgIpc) is 2.58. The van der Waals surface area contributed by atoms with Crippen LogP contribution in [0.5, 0.6) is 0 Å². The van der Waals surface area contributed by atoms with E-state index in [0.29, 0.717) is 13.0 Å². The molecule has 11 heteroatoms. The molecular formula is C16H32N3O7P. The molecule has 0 saturated carbocycles. The lowest BCUT2D eigenvalue weighted by Gasteiger charge is -2.22. The first-order valence-corrected chi connectivity index (χ1v) is 10.1. The quantitative estimate of drug-likeness (QED) is 0.193. The van der Waals surface area contributed by atoms with Crippen LogP contribution in [0.3, 0.4) is 0 Å². The zero-order valence-electron chi connectivity index (χ0n) is 16.3. The lowest BCUT2D eigenvalue weighted by Crippen LogP contribution is -2.40. The normalized spacial score (nSPS) is 15.4. The Bertz CT molecular complexity index is 504. The second-order valence-electron chi connectivity index (χ2n) is 5.81. The van der Waals surface area contributed by atoms with E-state index in [9.17, 15) is 14.2 Å². The predicted molar refractivity (Wildman–Crippen MR) is 101 cm³/mol. The Morgan fingerprint density at radius 1 is 1.11 bits per heavy atom. The topological polar surface area (TPSA) is 138 Å². The predicted octanol–water partition coefficient (Wildman–Crippen LogP) is 0.725. The number of hydrogen-bond donors (Lipinski definition) is 3. The highest BCUT2D eigenvalue weighted by molar-refractivity contribution is 7.48. The molecule has 0 bridgehead atoms. The second-order valence-corrected chi connectivity index (χ2v) is 7.48. The summed E-state index contributed by atoms with van der Waals surface area (Å²) in [5, 5.41) is 5.39. The SMILES string of the molecule is C=CCOP(=O)(OCCN)OC[C@@H](COCC[C@@H](C)NC(C)=O)NC(C)=O. The number of carbonyl (C=O) groups excluding carboxylic acids is 2. The van der Waals surface area contributed by atoms with Crippen LogP contribution in [0, 0.1) is 0 Å². The van der Waals surface area contributed by atoms with Crippen molar-refractivity contribution in [2.24, 2.45) is 5.73 Å². The molecule has 0 aromatic rings. The van der Waals surface area contributed by atoms with Crippen molar-refractivity contribution in [1.82, 2.24) is 10.6 Å².